The summed E-state index contributed by atoms with van der Waals surface area (Å²) < 4.78 is 6.13. The highest BCUT2D eigenvalue weighted by atomic mass is 79.9. The van der Waals surface area contributed by atoms with E-state index in [0.29, 0.717) is 6.54 Å². The van der Waals surface area contributed by atoms with Crippen LogP contribution in [0.15, 0.2) is 53.0 Å². The van der Waals surface area contributed by atoms with Crippen LogP contribution in [-0.4, -0.2) is 17.2 Å². The number of halogens is 1. The third-order valence-electron chi connectivity index (χ3n) is 3.66. The molecule has 0 bridgehead atoms. The molecule has 1 heterocycles. The zero-order valence-electron chi connectivity index (χ0n) is 12.7. The van der Waals surface area contributed by atoms with E-state index >= 15 is 0 Å². The van der Waals surface area contributed by atoms with Crippen LogP contribution in [0.5, 0.6) is 5.75 Å². The van der Waals surface area contributed by atoms with E-state index in [-0.39, 0.29) is 6.61 Å². The number of benzene rings is 2. The highest BCUT2D eigenvalue weighted by molar-refractivity contribution is 9.10. The number of nitrogens with one attached hydrogen (secondary N) is 1. The average Bonchev–Trinajstić information content (AvgIpc) is 2.59. The molecule has 0 saturated carbocycles. The summed E-state index contributed by atoms with van der Waals surface area (Å²) in [5.41, 5.74) is 2.85. The highest BCUT2D eigenvalue weighted by Gasteiger charge is 2.06. The molecular weight excluding hydrogens is 356 g/mol. The first-order chi connectivity index (χ1) is 11.2. The molecule has 118 valence electrons. The Morgan fingerprint density at radius 3 is 2.61 bits per heavy atom. The quantitative estimate of drug-likeness (QED) is 0.707. The van der Waals surface area contributed by atoms with E-state index in [1.54, 1.807) is 7.11 Å². The van der Waals surface area contributed by atoms with Crippen molar-refractivity contribution in [3.63, 3.8) is 0 Å². The van der Waals surface area contributed by atoms with Gasteiger partial charge in [0.1, 0.15) is 11.6 Å². The van der Waals surface area contributed by atoms with Crippen molar-refractivity contribution in [1.29, 1.82) is 0 Å². The van der Waals surface area contributed by atoms with Gasteiger partial charge in [0, 0.05) is 16.4 Å². The van der Waals surface area contributed by atoms with E-state index in [1.165, 1.54) is 0 Å². The topological polar surface area (TPSA) is 54.4 Å². The Morgan fingerprint density at radius 1 is 1.13 bits per heavy atom. The summed E-state index contributed by atoms with van der Waals surface area (Å²) in [5, 5.41) is 13.9. The Labute approximate surface area is 143 Å². The minimum atomic E-state index is -0.0211. The molecule has 0 aliphatic carbocycles. The monoisotopic (exact) mass is 372 g/mol. The van der Waals surface area contributed by atoms with Gasteiger partial charge in [-0.25, -0.2) is 4.98 Å². The number of aliphatic hydroxyl groups is 1. The van der Waals surface area contributed by atoms with Gasteiger partial charge in [-0.05, 0) is 47.5 Å². The molecule has 0 amide bonds. The third-order valence-corrected chi connectivity index (χ3v) is 4.15. The molecule has 1 aromatic heterocycles. The van der Waals surface area contributed by atoms with Gasteiger partial charge in [-0.3, -0.25) is 0 Å². The first-order valence-corrected chi connectivity index (χ1v) is 8.06. The van der Waals surface area contributed by atoms with Crippen molar-refractivity contribution >= 4 is 32.7 Å². The van der Waals surface area contributed by atoms with Gasteiger partial charge in [0.25, 0.3) is 0 Å². The van der Waals surface area contributed by atoms with Gasteiger partial charge < -0.3 is 15.2 Å². The Kier molecular flexibility index (Phi) is 4.79. The molecule has 5 heteroatoms. The summed E-state index contributed by atoms with van der Waals surface area (Å²) in [6.45, 7) is 0.636. The fourth-order valence-corrected chi connectivity index (χ4v) is 2.79. The number of pyridine rings is 1. The first kappa shape index (κ1) is 15.8. The molecule has 3 rings (SSSR count). The molecule has 23 heavy (non-hydrogen) atoms. The molecule has 0 atom stereocenters. The largest absolute Gasteiger partial charge is 0.497 e. The molecule has 0 saturated heterocycles. The van der Waals surface area contributed by atoms with Crippen molar-refractivity contribution in [2.75, 3.05) is 12.4 Å². The van der Waals surface area contributed by atoms with Crippen LogP contribution >= 0.6 is 15.9 Å². The fraction of sp³-hybridized carbons (Fsp3) is 0.167. The maximum Gasteiger partial charge on any atom is 0.127 e. The second kappa shape index (κ2) is 6.98. The fourth-order valence-electron chi connectivity index (χ4n) is 2.43. The van der Waals surface area contributed by atoms with Gasteiger partial charge in [-0.1, -0.05) is 28.1 Å². The van der Waals surface area contributed by atoms with Gasteiger partial charge in [-0.15, -0.1) is 0 Å². The maximum atomic E-state index is 9.61. The summed E-state index contributed by atoms with van der Waals surface area (Å²) >= 11 is 3.45. The minimum absolute atomic E-state index is 0.0211. The van der Waals surface area contributed by atoms with Crippen LogP contribution < -0.4 is 10.1 Å². The number of fused-ring (bicyclic) bond motifs is 1. The molecule has 0 aliphatic heterocycles. The van der Waals surface area contributed by atoms with Gasteiger partial charge >= 0.3 is 0 Å². The van der Waals surface area contributed by atoms with Crippen LogP contribution in [0, 0.1) is 0 Å². The third kappa shape index (κ3) is 3.63. The number of aromatic nitrogens is 1. The van der Waals surface area contributed by atoms with E-state index in [2.05, 4.69) is 26.2 Å². The lowest BCUT2D eigenvalue weighted by Gasteiger charge is -2.11. The summed E-state index contributed by atoms with van der Waals surface area (Å²) in [7, 11) is 1.65. The van der Waals surface area contributed by atoms with Crippen LogP contribution in [0.3, 0.4) is 0 Å². The van der Waals surface area contributed by atoms with Crippen molar-refractivity contribution in [3.8, 4) is 5.75 Å². The molecule has 0 fully saturated rings. The van der Waals surface area contributed by atoms with Crippen molar-refractivity contribution in [2.24, 2.45) is 0 Å². The highest BCUT2D eigenvalue weighted by Crippen LogP contribution is 2.25. The molecule has 3 aromatic rings. The van der Waals surface area contributed by atoms with Crippen molar-refractivity contribution in [2.45, 2.75) is 13.2 Å². The minimum Gasteiger partial charge on any atom is -0.497 e. The van der Waals surface area contributed by atoms with Crippen LogP contribution in [0.4, 0.5) is 5.82 Å². The molecule has 2 N–H and O–H groups in total. The van der Waals surface area contributed by atoms with Gasteiger partial charge in [0.2, 0.25) is 0 Å². The molecule has 4 nitrogen and oxygen atoms in total. The predicted molar refractivity (Wildman–Crippen MR) is 95.7 cm³/mol. The second-order valence-corrected chi connectivity index (χ2v) is 6.10. The van der Waals surface area contributed by atoms with E-state index in [9.17, 15) is 5.11 Å². The average molecular weight is 373 g/mol. The molecule has 2 aromatic carbocycles. The number of hydrogen-bond donors (Lipinski definition) is 2. The van der Waals surface area contributed by atoms with E-state index in [0.717, 1.165) is 38.1 Å². The van der Waals surface area contributed by atoms with Gasteiger partial charge in [-0.2, -0.15) is 0 Å². The number of aliphatic hydroxyl groups excluding tert-OH is 1. The Balaban J connectivity index is 1.83. The molecule has 0 aliphatic rings. The number of hydrogen-bond acceptors (Lipinski definition) is 4. The van der Waals surface area contributed by atoms with Crippen molar-refractivity contribution in [3.05, 3.63) is 64.1 Å². The van der Waals surface area contributed by atoms with Crippen LogP contribution in [0.25, 0.3) is 10.9 Å². The normalized spacial score (nSPS) is 10.7. The van der Waals surface area contributed by atoms with E-state index in [4.69, 9.17) is 4.74 Å². The standard InChI is InChI=1S/C18H17BrN2O2/c1-23-15-5-2-12(3-6-15)10-20-18-8-13(11-22)16-9-14(19)4-7-17(16)21-18/h2-9,22H,10-11H2,1H3,(H,20,21). The molecule has 0 radical (unpaired) electrons. The lowest BCUT2D eigenvalue weighted by atomic mass is 10.1. The number of methoxy groups -OCH3 is 1. The SMILES string of the molecule is COc1ccc(CNc2cc(CO)c3cc(Br)ccc3n2)cc1. The lowest BCUT2D eigenvalue weighted by Crippen LogP contribution is -2.03. The summed E-state index contributed by atoms with van der Waals surface area (Å²) in [4.78, 5) is 4.61. The van der Waals surface area contributed by atoms with Crippen molar-refractivity contribution in [1.82, 2.24) is 4.98 Å². The van der Waals surface area contributed by atoms with Gasteiger partial charge in [0.15, 0.2) is 0 Å². The van der Waals surface area contributed by atoms with Crippen molar-refractivity contribution < 1.29 is 9.84 Å². The lowest BCUT2D eigenvalue weighted by molar-refractivity contribution is 0.283. The maximum absolute atomic E-state index is 9.61. The second-order valence-electron chi connectivity index (χ2n) is 5.19. The first-order valence-electron chi connectivity index (χ1n) is 7.26. The smallest absolute Gasteiger partial charge is 0.127 e. The van der Waals surface area contributed by atoms with Crippen LogP contribution in [0.1, 0.15) is 11.1 Å². The molecule has 0 spiro atoms. The molecular formula is C18H17BrN2O2. The zero-order valence-corrected chi connectivity index (χ0v) is 14.3. The number of anilines is 1. The van der Waals surface area contributed by atoms with E-state index in [1.807, 2.05) is 48.5 Å². The van der Waals surface area contributed by atoms with Crippen LogP contribution in [0.2, 0.25) is 0 Å². The number of nitrogens with zero attached hydrogens (tertiary/aromatic N) is 1. The summed E-state index contributed by atoms with van der Waals surface area (Å²) in [5.74, 6) is 1.59. The predicted octanol–water partition coefficient (Wildman–Crippen LogP) is 4.11. The number of rotatable bonds is 5. The molecule has 0 unspecified atom stereocenters. The van der Waals surface area contributed by atoms with Crippen LogP contribution in [-0.2, 0) is 13.2 Å². The summed E-state index contributed by atoms with van der Waals surface area (Å²) in [6.07, 6.45) is 0. The van der Waals surface area contributed by atoms with E-state index < -0.39 is 0 Å². The zero-order chi connectivity index (χ0) is 16.2. The van der Waals surface area contributed by atoms with Gasteiger partial charge in [0.05, 0.1) is 19.2 Å². The Hall–Kier alpha value is -2.11. The Bertz CT molecular complexity index is 819. The summed E-state index contributed by atoms with van der Waals surface area (Å²) in [6, 6.07) is 15.6. The Morgan fingerprint density at radius 2 is 1.91 bits per heavy atom. The number of ether oxygens (including phenoxy) is 1.